The molecule has 0 radical (unpaired) electrons. The fourth-order valence-electron chi connectivity index (χ4n) is 2.18. The molecule has 1 amide bonds. The van der Waals surface area contributed by atoms with Crippen LogP contribution in [0.1, 0.15) is 0 Å². The molecule has 3 N–H and O–H groups in total. The van der Waals surface area contributed by atoms with Crippen LogP contribution in [0.2, 0.25) is 0 Å². The van der Waals surface area contributed by atoms with Crippen molar-refractivity contribution in [3.05, 3.63) is 11.3 Å². The van der Waals surface area contributed by atoms with Crippen LogP contribution in [0.25, 0.3) is 0 Å². The lowest BCUT2D eigenvalue weighted by Gasteiger charge is -2.48. The maximum Gasteiger partial charge on any atom is 0.352 e. The van der Waals surface area contributed by atoms with Gasteiger partial charge in [0.25, 0.3) is 0 Å². The zero-order valence-corrected chi connectivity index (χ0v) is 14.7. The van der Waals surface area contributed by atoms with Crippen LogP contribution in [0.3, 0.4) is 0 Å². The van der Waals surface area contributed by atoms with Gasteiger partial charge in [0.05, 0.1) is 0 Å². The maximum absolute atomic E-state index is 11.8. The average molecular weight is 377 g/mol. The molecule has 2 aliphatic rings. The SMILES string of the molecule is CSc1nnc(SCC2=C(C(=O)O)N3C(=O)C(N)[C@H]3SC2)s1. The fourth-order valence-corrected chi connectivity index (χ4v) is 6.05. The lowest BCUT2D eigenvalue weighted by Crippen LogP contribution is -2.68. The largest absolute Gasteiger partial charge is 0.477 e. The van der Waals surface area contributed by atoms with E-state index < -0.39 is 12.0 Å². The van der Waals surface area contributed by atoms with Gasteiger partial charge < -0.3 is 10.8 Å². The molecular formula is C11H12N4O3S4. The van der Waals surface area contributed by atoms with Gasteiger partial charge in [-0.25, -0.2) is 4.79 Å². The molecule has 2 aliphatic heterocycles. The molecule has 22 heavy (non-hydrogen) atoms. The van der Waals surface area contributed by atoms with E-state index in [0.29, 0.717) is 11.5 Å². The first kappa shape index (κ1) is 16.1. The molecule has 3 heterocycles. The Morgan fingerprint density at radius 1 is 1.50 bits per heavy atom. The molecule has 1 unspecified atom stereocenters. The predicted octanol–water partition coefficient (Wildman–Crippen LogP) is 0.933. The summed E-state index contributed by atoms with van der Waals surface area (Å²) in [6.45, 7) is 0. The fraction of sp³-hybridized carbons (Fsp3) is 0.455. The van der Waals surface area contributed by atoms with E-state index in [1.165, 1.54) is 51.5 Å². The smallest absolute Gasteiger partial charge is 0.352 e. The number of thioether (sulfide) groups is 3. The Morgan fingerprint density at radius 3 is 2.86 bits per heavy atom. The molecule has 118 valence electrons. The van der Waals surface area contributed by atoms with E-state index >= 15 is 0 Å². The summed E-state index contributed by atoms with van der Waals surface area (Å²) < 4.78 is 1.66. The van der Waals surface area contributed by atoms with E-state index in [9.17, 15) is 14.7 Å². The van der Waals surface area contributed by atoms with E-state index in [1.54, 1.807) is 0 Å². The number of carbonyl (C=O) groups is 2. The number of carbonyl (C=O) groups excluding carboxylic acids is 1. The van der Waals surface area contributed by atoms with E-state index in [1.807, 2.05) is 6.26 Å². The van der Waals surface area contributed by atoms with Crippen molar-refractivity contribution < 1.29 is 14.7 Å². The summed E-state index contributed by atoms with van der Waals surface area (Å²) >= 11 is 5.94. The minimum atomic E-state index is -1.08. The number of aliphatic carboxylic acids is 1. The number of hydrogen-bond donors (Lipinski definition) is 2. The lowest BCUT2D eigenvalue weighted by molar-refractivity contribution is -0.147. The Bertz CT molecular complexity index is 662. The highest BCUT2D eigenvalue weighted by molar-refractivity contribution is 8.03. The number of amides is 1. The van der Waals surface area contributed by atoms with Crippen LogP contribution in [0.15, 0.2) is 19.9 Å². The summed E-state index contributed by atoms with van der Waals surface area (Å²) in [6.07, 6.45) is 1.93. The summed E-state index contributed by atoms with van der Waals surface area (Å²) in [5.74, 6) is -0.366. The molecule has 1 saturated heterocycles. The van der Waals surface area contributed by atoms with Crippen LogP contribution < -0.4 is 5.73 Å². The van der Waals surface area contributed by atoms with Gasteiger partial charge in [-0.15, -0.1) is 22.0 Å². The standard InChI is InChI=1S/C11H12N4O3S4/c1-19-10-13-14-11(22-10)21-3-4-2-20-8-5(12)7(16)15(8)6(4)9(17)18/h5,8H,2-3,12H2,1H3,(H,17,18)/t5?,8-/m1/s1. The number of nitrogens with zero attached hydrogens (tertiary/aromatic N) is 3. The Kier molecular flexibility index (Phi) is 4.69. The molecule has 0 spiro atoms. The molecule has 11 heteroatoms. The number of fused-ring (bicyclic) bond motifs is 1. The first-order valence-corrected chi connectivity index (χ1v) is 10.3. The second-order valence-electron chi connectivity index (χ2n) is 4.52. The van der Waals surface area contributed by atoms with Crippen molar-refractivity contribution in [2.45, 2.75) is 20.1 Å². The molecule has 7 nitrogen and oxygen atoms in total. The van der Waals surface area contributed by atoms with Gasteiger partial charge in [0, 0.05) is 11.5 Å². The third kappa shape index (κ3) is 2.75. The topological polar surface area (TPSA) is 109 Å². The molecule has 0 saturated carbocycles. The van der Waals surface area contributed by atoms with Gasteiger partial charge in [0.15, 0.2) is 8.68 Å². The van der Waals surface area contributed by atoms with Crippen molar-refractivity contribution in [2.24, 2.45) is 5.73 Å². The normalized spacial score (nSPS) is 24.3. The van der Waals surface area contributed by atoms with Crippen LogP contribution >= 0.6 is 46.6 Å². The van der Waals surface area contributed by atoms with Gasteiger partial charge >= 0.3 is 5.97 Å². The maximum atomic E-state index is 11.8. The van der Waals surface area contributed by atoms with Crippen molar-refractivity contribution in [1.82, 2.24) is 15.1 Å². The number of rotatable bonds is 5. The number of hydrogen-bond acceptors (Lipinski definition) is 9. The van der Waals surface area contributed by atoms with Gasteiger partial charge in [0.1, 0.15) is 17.1 Å². The Hall–Kier alpha value is -0.750. The van der Waals surface area contributed by atoms with Crippen molar-refractivity contribution in [2.75, 3.05) is 17.8 Å². The van der Waals surface area contributed by atoms with E-state index in [2.05, 4.69) is 10.2 Å². The summed E-state index contributed by atoms with van der Waals surface area (Å²) in [7, 11) is 0. The van der Waals surface area contributed by atoms with E-state index in [4.69, 9.17) is 5.73 Å². The molecule has 2 atom stereocenters. The van der Waals surface area contributed by atoms with E-state index in [0.717, 1.165) is 14.3 Å². The zero-order chi connectivity index (χ0) is 15.9. The van der Waals surface area contributed by atoms with Gasteiger partial charge in [-0.3, -0.25) is 9.69 Å². The molecule has 0 aromatic carbocycles. The highest BCUT2D eigenvalue weighted by Gasteiger charge is 2.51. The van der Waals surface area contributed by atoms with Crippen LogP contribution in [0.5, 0.6) is 0 Å². The third-order valence-corrected chi connectivity index (χ3v) is 7.70. The predicted molar refractivity (Wildman–Crippen MR) is 88.1 cm³/mol. The second kappa shape index (κ2) is 6.40. The molecule has 1 fully saturated rings. The number of nitrogens with two attached hydrogens (primary N) is 1. The lowest BCUT2D eigenvalue weighted by atomic mass is 10.0. The van der Waals surface area contributed by atoms with Crippen LogP contribution in [0.4, 0.5) is 0 Å². The Morgan fingerprint density at radius 2 is 2.23 bits per heavy atom. The van der Waals surface area contributed by atoms with Crippen molar-refractivity contribution in [3.8, 4) is 0 Å². The van der Waals surface area contributed by atoms with Crippen molar-refractivity contribution in [1.29, 1.82) is 0 Å². The molecule has 3 rings (SSSR count). The zero-order valence-electron chi connectivity index (χ0n) is 11.4. The summed E-state index contributed by atoms with van der Waals surface area (Å²) in [6, 6.07) is -0.596. The first-order chi connectivity index (χ1) is 10.5. The number of carboxylic acids is 1. The summed E-state index contributed by atoms with van der Waals surface area (Å²) in [5.41, 5.74) is 6.52. The van der Waals surface area contributed by atoms with Crippen LogP contribution in [-0.4, -0.2) is 61.3 Å². The molecule has 0 aliphatic carbocycles. The summed E-state index contributed by atoms with van der Waals surface area (Å²) in [5, 5.41) is 17.2. The van der Waals surface area contributed by atoms with Gasteiger partial charge in [0.2, 0.25) is 5.91 Å². The average Bonchev–Trinajstić information content (AvgIpc) is 2.99. The molecule has 1 aromatic heterocycles. The minimum Gasteiger partial charge on any atom is -0.477 e. The quantitative estimate of drug-likeness (QED) is 0.573. The first-order valence-electron chi connectivity index (χ1n) is 6.18. The molecule has 0 bridgehead atoms. The third-order valence-electron chi connectivity index (χ3n) is 3.22. The second-order valence-corrected chi connectivity index (χ2v) is 8.88. The number of aromatic nitrogens is 2. The van der Waals surface area contributed by atoms with Crippen LogP contribution in [-0.2, 0) is 9.59 Å². The van der Waals surface area contributed by atoms with E-state index in [-0.39, 0.29) is 17.0 Å². The highest BCUT2D eigenvalue weighted by atomic mass is 32.2. The van der Waals surface area contributed by atoms with Gasteiger partial charge in [-0.05, 0) is 11.8 Å². The number of carboxylic acid groups (broad SMARTS) is 1. The monoisotopic (exact) mass is 376 g/mol. The van der Waals surface area contributed by atoms with Gasteiger partial charge in [-0.2, -0.15) is 0 Å². The highest BCUT2D eigenvalue weighted by Crippen LogP contribution is 2.41. The number of β-lactam (4-membered cyclic amide) rings is 1. The van der Waals surface area contributed by atoms with Gasteiger partial charge in [-0.1, -0.05) is 34.9 Å². The molecule has 1 aromatic rings. The minimum absolute atomic E-state index is 0.0811. The van der Waals surface area contributed by atoms with Crippen LogP contribution in [0, 0.1) is 0 Å². The summed E-state index contributed by atoms with van der Waals surface area (Å²) in [4.78, 5) is 24.7. The van der Waals surface area contributed by atoms with Crippen molar-refractivity contribution >= 4 is 58.5 Å². The van der Waals surface area contributed by atoms with Crippen molar-refractivity contribution in [3.63, 3.8) is 0 Å². The molecular weight excluding hydrogens is 364 g/mol. The Labute approximate surface area is 143 Å². The Balaban J connectivity index is 1.78.